The predicted molar refractivity (Wildman–Crippen MR) is 137 cm³/mol. The molecule has 0 heterocycles. The van der Waals surface area contributed by atoms with Crippen LogP contribution in [0.15, 0.2) is 24.3 Å². The SMILES string of the molecule is C.C.C.C.C.C.C=C(C)C1CCC(C)CC1c1c(O)cc(CCCCC)cc1O. The van der Waals surface area contributed by atoms with E-state index >= 15 is 0 Å². The van der Waals surface area contributed by atoms with Gasteiger partial charge >= 0.3 is 0 Å². The molecule has 0 aromatic heterocycles. The molecule has 1 aromatic carbocycles. The standard InChI is InChI=1S/C21H32O2.6CH4/c1-5-6-7-8-16-12-19(22)21(20(23)13-16)18-11-15(4)9-10-17(18)14(2)3;;;;;;/h12-13,15,17-18,22-23H,2,5-11H2,1,3-4H3;6*1H4. The largest absolute Gasteiger partial charge is 0.508 e. The zero-order chi connectivity index (χ0) is 17.0. The molecule has 2 rings (SSSR count). The van der Waals surface area contributed by atoms with Gasteiger partial charge in [-0.15, -0.1) is 0 Å². The maximum absolute atomic E-state index is 10.6. The summed E-state index contributed by atoms with van der Waals surface area (Å²) in [6, 6.07) is 3.72. The third-order valence-corrected chi connectivity index (χ3v) is 5.38. The normalized spacial score (nSPS) is 19.5. The lowest BCUT2D eigenvalue weighted by molar-refractivity contribution is 0.267. The van der Waals surface area contributed by atoms with Gasteiger partial charge in [-0.2, -0.15) is 0 Å². The van der Waals surface area contributed by atoms with Crippen LogP contribution in [0.2, 0.25) is 0 Å². The molecule has 0 bridgehead atoms. The summed E-state index contributed by atoms with van der Waals surface area (Å²) in [6.07, 6.45) is 7.68. The average molecular weight is 413 g/mol. The zero-order valence-corrected chi connectivity index (χ0v) is 14.9. The third kappa shape index (κ3) is 9.74. The highest BCUT2D eigenvalue weighted by atomic mass is 16.3. The Balaban J connectivity index is -0.000000320. The Bertz CT molecular complexity index is 524. The highest BCUT2D eigenvalue weighted by Gasteiger charge is 2.33. The molecule has 1 aliphatic rings. The van der Waals surface area contributed by atoms with Gasteiger partial charge in [0.2, 0.25) is 0 Å². The van der Waals surface area contributed by atoms with Crippen molar-refractivity contribution in [1.82, 2.24) is 0 Å². The lowest BCUT2D eigenvalue weighted by Crippen LogP contribution is -2.23. The molecule has 2 N–H and O–H groups in total. The molecule has 0 aliphatic heterocycles. The van der Waals surface area contributed by atoms with Gasteiger partial charge in [-0.3, -0.25) is 0 Å². The van der Waals surface area contributed by atoms with Gasteiger partial charge < -0.3 is 10.2 Å². The van der Waals surface area contributed by atoms with Crippen LogP contribution in [0.5, 0.6) is 11.5 Å². The second-order valence-corrected chi connectivity index (χ2v) is 7.48. The first-order valence-corrected chi connectivity index (χ1v) is 9.14. The van der Waals surface area contributed by atoms with E-state index in [0.717, 1.165) is 42.4 Å². The lowest BCUT2D eigenvalue weighted by atomic mass is 9.69. The minimum atomic E-state index is 0. The quantitative estimate of drug-likeness (QED) is 0.360. The second kappa shape index (κ2) is 17.4. The van der Waals surface area contributed by atoms with Crippen molar-refractivity contribution in [3.05, 3.63) is 35.4 Å². The van der Waals surface area contributed by atoms with Crippen LogP contribution in [-0.2, 0) is 6.42 Å². The van der Waals surface area contributed by atoms with E-state index in [9.17, 15) is 10.2 Å². The Morgan fingerprint density at radius 1 is 0.966 bits per heavy atom. The van der Waals surface area contributed by atoms with Crippen LogP contribution in [0.4, 0.5) is 0 Å². The van der Waals surface area contributed by atoms with E-state index in [1.807, 2.05) is 12.1 Å². The molecule has 1 saturated carbocycles. The summed E-state index contributed by atoms with van der Waals surface area (Å²) in [4.78, 5) is 0. The van der Waals surface area contributed by atoms with Crippen molar-refractivity contribution >= 4 is 0 Å². The van der Waals surface area contributed by atoms with Gasteiger partial charge in [0.05, 0.1) is 0 Å². The number of aromatic hydroxyl groups is 2. The number of aryl methyl sites for hydroxylation is 1. The first kappa shape index (κ1) is 38.2. The molecule has 1 aromatic rings. The monoisotopic (exact) mass is 412 g/mol. The summed E-state index contributed by atoms with van der Waals surface area (Å²) < 4.78 is 0. The number of phenols is 2. The van der Waals surface area contributed by atoms with E-state index in [1.54, 1.807) is 0 Å². The molecule has 176 valence electrons. The van der Waals surface area contributed by atoms with E-state index in [0.29, 0.717) is 11.8 Å². The highest BCUT2D eigenvalue weighted by molar-refractivity contribution is 5.49. The fourth-order valence-corrected chi connectivity index (χ4v) is 4.07. The van der Waals surface area contributed by atoms with Crippen LogP contribution >= 0.6 is 0 Å². The molecule has 3 atom stereocenters. The molecule has 1 aliphatic carbocycles. The van der Waals surface area contributed by atoms with Crippen molar-refractivity contribution in [1.29, 1.82) is 0 Å². The van der Waals surface area contributed by atoms with Crippen molar-refractivity contribution in [2.75, 3.05) is 0 Å². The Morgan fingerprint density at radius 2 is 1.48 bits per heavy atom. The van der Waals surface area contributed by atoms with Crippen molar-refractivity contribution < 1.29 is 10.2 Å². The van der Waals surface area contributed by atoms with Crippen molar-refractivity contribution in [2.24, 2.45) is 11.8 Å². The lowest BCUT2D eigenvalue weighted by Gasteiger charge is -2.36. The van der Waals surface area contributed by atoms with Crippen LogP contribution in [0, 0.1) is 11.8 Å². The second-order valence-electron chi connectivity index (χ2n) is 7.48. The Kier molecular flexibility index (Phi) is 22.9. The van der Waals surface area contributed by atoms with Crippen LogP contribution in [0.25, 0.3) is 0 Å². The molecule has 2 nitrogen and oxygen atoms in total. The fourth-order valence-electron chi connectivity index (χ4n) is 4.07. The first-order valence-electron chi connectivity index (χ1n) is 9.14. The molecule has 0 saturated heterocycles. The van der Waals surface area contributed by atoms with Crippen LogP contribution < -0.4 is 0 Å². The maximum Gasteiger partial charge on any atom is 0.123 e. The average Bonchev–Trinajstić information content (AvgIpc) is 2.46. The first-order chi connectivity index (χ1) is 10.9. The summed E-state index contributed by atoms with van der Waals surface area (Å²) in [7, 11) is 0. The van der Waals surface area contributed by atoms with Gasteiger partial charge in [0, 0.05) is 5.56 Å². The van der Waals surface area contributed by atoms with E-state index < -0.39 is 0 Å². The number of benzene rings is 1. The Hall–Kier alpha value is -1.44. The van der Waals surface area contributed by atoms with Gasteiger partial charge in [-0.05, 0) is 68.1 Å². The van der Waals surface area contributed by atoms with Gasteiger partial charge in [0.15, 0.2) is 0 Å². The summed E-state index contributed by atoms with van der Waals surface area (Å²) in [5.74, 6) is 1.69. The number of allylic oxidation sites excluding steroid dienone is 1. The third-order valence-electron chi connectivity index (χ3n) is 5.38. The van der Waals surface area contributed by atoms with Crippen LogP contribution in [0.3, 0.4) is 0 Å². The van der Waals surface area contributed by atoms with Crippen LogP contribution in [-0.4, -0.2) is 10.2 Å². The zero-order valence-electron chi connectivity index (χ0n) is 14.9. The number of hydrogen-bond acceptors (Lipinski definition) is 2. The number of phenolic OH excluding ortho intramolecular Hbond substituents is 2. The molecule has 29 heavy (non-hydrogen) atoms. The van der Waals surface area contributed by atoms with Gasteiger partial charge in [0.1, 0.15) is 11.5 Å². The summed E-state index contributed by atoms with van der Waals surface area (Å²) in [5.41, 5.74) is 2.93. The van der Waals surface area contributed by atoms with Crippen molar-refractivity contribution in [3.8, 4) is 11.5 Å². The molecule has 2 heteroatoms. The summed E-state index contributed by atoms with van der Waals surface area (Å²) in [6.45, 7) is 10.7. The highest BCUT2D eigenvalue weighted by Crippen LogP contribution is 2.49. The predicted octanol–water partition coefficient (Wildman–Crippen LogP) is 9.74. The van der Waals surface area contributed by atoms with E-state index in [-0.39, 0.29) is 62.0 Å². The smallest absolute Gasteiger partial charge is 0.123 e. The summed E-state index contributed by atoms with van der Waals surface area (Å²) in [5, 5.41) is 21.2. The molecule has 0 spiro atoms. The van der Waals surface area contributed by atoms with E-state index in [1.165, 1.54) is 19.3 Å². The van der Waals surface area contributed by atoms with Crippen LogP contribution in [0.1, 0.15) is 121 Å². The van der Waals surface area contributed by atoms with Gasteiger partial charge in [-0.25, -0.2) is 0 Å². The molecular formula is C27H56O2. The number of hydrogen-bond donors (Lipinski definition) is 2. The molecular weight excluding hydrogens is 356 g/mol. The number of rotatable bonds is 6. The Morgan fingerprint density at radius 3 is 1.93 bits per heavy atom. The molecule has 3 unspecified atom stereocenters. The minimum absolute atomic E-state index is 0. The minimum Gasteiger partial charge on any atom is -0.508 e. The molecule has 0 amide bonds. The van der Waals surface area contributed by atoms with Gasteiger partial charge in [0.25, 0.3) is 0 Å². The Labute approximate surface area is 185 Å². The van der Waals surface area contributed by atoms with Crippen molar-refractivity contribution in [3.63, 3.8) is 0 Å². The molecule has 1 fully saturated rings. The maximum atomic E-state index is 10.6. The topological polar surface area (TPSA) is 40.5 Å². The summed E-state index contributed by atoms with van der Waals surface area (Å²) >= 11 is 0. The fraction of sp³-hybridized carbons (Fsp3) is 0.704. The number of unbranched alkanes of at least 4 members (excludes halogenated alkanes) is 2. The van der Waals surface area contributed by atoms with E-state index in [2.05, 4.69) is 27.4 Å². The van der Waals surface area contributed by atoms with Gasteiger partial charge in [-0.1, -0.05) is 89.8 Å². The van der Waals surface area contributed by atoms with E-state index in [4.69, 9.17) is 0 Å². The van der Waals surface area contributed by atoms with Crippen molar-refractivity contribution in [2.45, 2.75) is 116 Å². The molecule has 0 radical (unpaired) electrons.